The summed E-state index contributed by atoms with van der Waals surface area (Å²) in [7, 11) is 0. The van der Waals surface area contributed by atoms with Crippen molar-refractivity contribution in [3.63, 3.8) is 0 Å². The van der Waals surface area contributed by atoms with Crippen LogP contribution in [0.25, 0.3) is 0 Å². The van der Waals surface area contributed by atoms with Crippen molar-refractivity contribution in [3.05, 3.63) is 28.2 Å². The largest absolute Gasteiger partial charge is 0.324 e. The molecule has 0 fully saturated rings. The molecule has 2 nitrogen and oxygen atoms in total. The average molecular weight is 277 g/mol. The minimum Gasteiger partial charge on any atom is -0.324 e. The molecule has 0 bridgehead atoms. The molecule has 0 spiro atoms. The molecule has 0 heterocycles. The molecule has 1 N–H and O–H groups in total. The van der Waals surface area contributed by atoms with Crippen LogP contribution in [0.2, 0.25) is 0 Å². The average Bonchev–Trinajstić information content (AvgIpc) is 2.21. The van der Waals surface area contributed by atoms with E-state index in [1.165, 1.54) is 5.56 Å². The summed E-state index contributed by atoms with van der Waals surface area (Å²) in [4.78, 5) is 11.1. The first-order valence-corrected chi connectivity index (χ1v) is 5.64. The van der Waals surface area contributed by atoms with Gasteiger partial charge in [-0.05, 0) is 40.0 Å². The first-order valence-electron chi connectivity index (χ1n) is 4.31. The smallest absolute Gasteiger partial charge is 0.239 e. The zero-order chi connectivity index (χ0) is 10.6. The zero-order valence-electron chi connectivity index (χ0n) is 7.81. The summed E-state index contributed by atoms with van der Waals surface area (Å²) in [5.41, 5.74) is 1.95. The molecule has 0 radical (unpaired) electrons. The molecule has 1 rings (SSSR count). The number of hydrogen-bond donors (Lipinski definition) is 1. The molecule has 0 saturated carbocycles. The number of aryl methyl sites for hydroxylation is 1. The highest BCUT2D eigenvalue weighted by Gasteiger charge is 2.04. The standard InChI is InChI=1S/C10H11BrClNO/c1-2-7-3-4-8(11)9(5-7)13-10(14)6-12/h3-5H,2,6H2,1H3,(H,13,14). The van der Waals surface area contributed by atoms with Crippen LogP contribution in [-0.2, 0) is 11.2 Å². The van der Waals surface area contributed by atoms with Gasteiger partial charge in [-0.25, -0.2) is 0 Å². The lowest BCUT2D eigenvalue weighted by Crippen LogP contribution is -2.13. The number of hydrogen-bond acceptors (Lipinski definition) is 1. The molecular weight excluding hydrogens is 265 g/mol. The molecule has 0 aliphatic carbocycles. The molecule has 0 aliphatic heterocycles. The predicted octanol–water partition coefficient (Wildman–Crippen LogP) is 3.19. The number of rotatable bonds is 3. The van der Waals surface area contributed by atoms with Gasteiger partial charge in [0.15, 0.2) is 0 Å². The van der Waals surface area contributed by atoms with Crippen LogP contribution in [0, 0.1) is 0 Å². The van der Waals surface area contributed by atoms with Crippen LogP contribution in [0.1, 0.15) is 12.5 Å². The Morgan fingerprint density at radius 1 is 1.57 bits per heavy atom. The van der Waals surface area contributed by atoms with Crippen molar-refractivity contribution in [1.29, 1.82) is 0 Å². The third kappa shape index (κ3) is 3.00. The van der Waals surface area contributed by atoms with Crippen LogP contribution in [-0.4, -0.2) is 11.8 Å². The summed E-state index contributed by atoms with van der Waals surface area (Å²) >= 11 is 8.76. The normalized spacial score (nSPS) is 9.93. The molecule has 14 heavy (non-hydrogen) atoms. The van der Waals surface area contributed by atoms with Gasteiger partial charge in [-0.2, -0.15) is 0 Å². The van der Waals surface area contributed by atoms with Crippen LogP contribution in [0.15, 0.2) is 22.7 Å². The Hall–Kier alpha value is -0.540. The van der Waals surface area contributed by atoms with E-state index < -0.39 is 0 Å². The first kappa shape index (κ1) is 11.5. The molecule has 1 aromatic carbocycles. The highest BCUT2D eigenvalue weighted by atomic mass is 79.9. The van der Waals surface area contributed by atoms with Crippen LogP contribution in [0.5, 0.6) is 0 Å². The number of carbonyl (C=O) groups is 1. The third-order valence-corrected chi connectivity index (χ3v) is 2.77. The van der Waals surface area contributed by atoms with Gasteiger partial charge < -0.3 is 5.32 Å². The van der Waals surface area contributed by atoms with E-state index in [4.69, 9.17) is 11.6 Å². The summed E-state index contributed by atoms with van der Waals surface area (Å²) in [5, 5.41) is 2.72. The first-order chi connectivity index (χ1) is 6.67. The highest BCUT2D eigenvalue weighted by Crippen LogP contribution is 2.23. The maximum Gasteiger partial charge on any atom is 0.239 e. The number of amides is 1. The Morgan fingerprint density at radius 3 is 2.86 bits per heavy atom. The topological polar surface area (TPSA) is 29.1 Å². The van der Waals surface area contributed by atoms with Crippen molar-refractivity contribution in [2.45, 2.75) is 13.3 Å². The molecule has 0 aliphatic rings. The van der Waals surface area contributed by atoms with Crippen molar-refractivity contribution < 1.29 is 4.79 Å². The van der Waals surface area contributed by atoms with E-state index in [2.05, 4.69) is 28.2 Å². The molecule has 76 valence electrons. The van der Waals surface area contributed by atoms with Gasteiger partial charge in [0.25, 0.3) is 0 Å². The number of nitrogens with one attached hydrogen (secondary N) is 1. The maximum absolute atomic E-state index is 11.1. The fourth-order valence-corrected chi connectivity index (χ4v) is 1.48. The van der Waals surface area contributed by atoms with Gasteiger partial charge in [-0.3, -0.25) is 4.79 Å². The van der Waals surface area contributed by atoms with Gasteiger partial charge >= 0.3 is 0 Å². The van der Waals surface area contributed by atoms with Crippen LogP contribution < -0.4 is 5.32 Å². The Labute approximate surface area is 96.8 Å². The molecular formula is C10H11BrClNO. The molecule has 1 aromatic rings. The minimum absolute atomic E-state index is 0.0250. The second-order valence-electron chi connectivity index (χ2n) is 2.85. The monoisotopic (exact) mass is 275 g/mol. The minimum atomic E-state index is -0.194. The lowest BCUT2D eigenvalue weighted by molar-refractivity contribution is -0.113. The highest BCUT2D eigenvalue weighted by molar-refractivity contribution is 9.10. The summed E-state index contributed by atoms with van der Waals surface area (Å²) in [6.07, 6.45) is 0.941. The van der Waals surface area contributed by atoms with E-state index in [9.17, 15) is 4.79 Å². The second-order valence-corrected chi connectivity index (χ2v) is 3.97. The van der Waals surface area contributed by atoms with E-state index in [-0.39, 0.29) is 11.8 Å². The Balaban J connectivity index is 2.89. The van der Waals surface area contributed by atoms with E-state index in [0.29, 0.717) is 0 Å². The second kappa shape index (κ2) is 5.37. The molecule has 0 aromatic heterocycles. The van der Waals surface area contributed by atoms with Crippen molar-refractivity contribution >= 4 is 39.1 Å². The lowest BCUT2D eigenvalue weighted by Gasteiger charge is -2.07. The summed E-state index contributed by atoms with van der Waals surface area (Å²) in [6, 6.07) is 5.87. The summed E-state index contributed by atoms with van der Waals surface area (Å²) < 4.78 is 0.869. The molecule has 0 atom stereocenters. The van der Waals surface area contributed by atoms with E-state index in [1.807, 2.05) is 18.2 Å². The number of alkyl halides is 1. The van der Waals surface area contributed by atoms with Crippen molar-refractivity contribution in [1.82, 2.24) is 0 Å². The van der Waals surface area contributed by atoms with Crippen LogP contribution in [0.3, 0.4) is 0 Å². The maximum atomic E-state index is 11.1. The summed E-state index contributed by atoms with van der Waals surface area (Å²) in [5.74, 6) is -0.219. The van der Waals surface area contributed by atoms with E-state index in [1.54, 1.807) is 0 Å². The molecule has 0 unspecified atom stereocenters. The Morgan fingerprint density at radius 2 is 2.29 bits per heavy atom. The van der Waals surface area contributed by atoms with E-state index >= 15 is 0 Å². The number of carbonyl (C=O) groups excluding carboxylic acids is 1. The predicted molar refractivity (Wildman–Crippen MR) is 62.9 cm³/mol. The van der Waals surface area contributed by atoms with Gasteiger partial charge in [0, 0.05) is 4.47 Å². The van der Waals surface area contributed by atoms with Crippen molar-refractivity contribution in [2.24, 2.45) is 0 Å². The van der Waals surface area contributed by atoms with Gasteiger partial charge in [-0.1, -0.05) is 13.0 Å². The Bertz CT molecular complexity index is 341. The third-order valence-electron chi connectivity index (χ3n) is 1.83. The SMILES string of the molecule is CCc1ccc(Br)c(NC(=O)CCl)c1. The molecule has 0 saturated heterocycles. The number of benzene rings is 1. The van der Waals surface area contributed by atoms with Gasteiger partial charge in [0.2, 0.25) is 5.91 Å². The lowest BCUT2D eigenvalue weighted by atomic mass is 10.1. The Kier molecular flexibility index (Phi) is 4.42. The van der Waals surface area contributed by atoms with Crippen LogP contribution >= 0.6 is 27.5 Å². The fraction of sp³-hybridized carbons (Fsp3) is 0.300. The van der Waals surface area contributed by atoms with Gasteiger partial charge in [-0.15, -0.1) is 11.6 Å². The quantitative estimate of drug-likeness (QED) is 0.844. The zero-order valence-corrected chi connectivity index (χ0v) is 10.2. The van der Waals surface area contributed by atoms with Gasteiger partial charge in [0.1, 0.15) is 5.88 Å². The summed E-state index contributed by atoms with van der Waals surface area (Å²) in [6.45, 7) is 2.07. The fourth-order valence-electron chi connectivity index (χ4n) is 1.07. The van der Waals surface area contributed by atoms with E-state index in [0.717, 1.165) is 16.6 Å². The molecule has 4 heteroatoms. The van der Waals surface area contributed by atoms with Gasteiger partial charge in [0.05, 0.1) is 5.69 Å². The van der Waals surface area contributed by atoms with Crippen LogP contribution in [0.4, 0.5) is 5.69 Å². The number of anilines is 1. The number of halogens is 2. The van der Waals surface area contributed by atoms with Crippen molar-refractivity contribution in [3.8, 4) is 0 Å². The molecule has 1 amide bonds. The van der Waals surface area contributed by atoms with Crippen molar-refractivity contribution in [2.75, 3.05) is 11.2 Å².